The fourth-order valence-electron chi connectivity index (χ4n) is 2.29. The first-order chi connectivity index (χ1) is 7.56. The van der Waals surface area contributed by atoms with E-state index in [-0.39, 0.29) is 17.9 Å². The molecule has 0 saturated carbocycles. The van der Waals surface area contributed by atoms with E-state index in [9.17, 15) is 4.79 Å². The molecule has 2 atom stereocenters. The first kappa shape index (κ1) is 13.5. The third kappa shape index (κ3) is 3.48. The second kappa shape index (κ2) is 6.24. The zero-order valence-electron chi connectivity index (χ0n) is 10.9. The number of nitrogens with zero attached hydrogens (tertiary/aromatic N) is 1. The summed E-state index contributed by atoms with van der Waals surface area (Å²) in [6.07, 6.45) is 4.78. The van der Waals surface area contributed by atoms with Gasteiger partial charge in [0.15, 0.2) is 0 Å². The summed E-state index contributed by atoms with van der Waals surface area (Å²) in [5.41, 5.74) is 5.92. The molecule has 0 aromatic rings. The Morgan fingerprint density at radius 1 is 1.38 bits per heavy atom. The molecule has 3 heteroatoms. The molecule has 0 aliphatic carbocycles. The average molecular weight is 226 g/mol. The quantitative estimate of drug-likeness (QED) is 0.800. The van der Waals surface area contributed by atoms with Crippen molar-refractivity contribution in [2.75, 3.05) is 13.1 Å². The van der Waals surface area contributed by atoms with Crippen molar-refractivity contribution >= 4 is 5.91 Å². The first-order valence-electron chi connectivity index (χ1n) is 6.60. The van der Waals surface area contributed by atoms with Crippen LogP contribution in [-0.4, -0.2) is 29.9 Å². The van der Waals surface area contributed by atoms with Gasteiger partial charge < -0.3 is 10.6 Å². The van der Waals surface area contributed by atoms with Gasteiger partial charge in [-0.3, -0.25) is 4.79 Å². The van der Waals surface area contributed by atoms with Gasteiger partial charge in [0.25, 0.3) is 0 Å². The summed E-state index contributed by atoms with van der Waals surface area (Å²) in [6.45, 7) is 8.06. The molecule has 0 radical (unpaired) electrons. The Bertz CT molecular complexity index is 228. The largest absolute Gasteiger partial charge is 0.341 e. The molecule has 0 aromatic carbocycles. The Balaban J connectivity index is 2.51. The van der Waals surface area contributed by atoms with E-state index in [2.05, 4.69) is 6.92 Å². The molecular formula is C13H26N2O. The standard InChI is InChI=1S/C13H26N2O/c1-4-11-6-5-8-15(9-7-11)13(16)12(14)10(2)3/h10-12H,4-9,14H2,1-3H3/t11?,12-/m1/s1. The van der Waals surface area contributed by atoms with Crippen LogP contribution >= 0.6 is 0 Å². The highest BCUT2D eigenvalue weighted by Crippen LogP contribution is 2.20. The Kier molecular flexibility index (Phi) is 5.26. The van der Waals surface area contributed by atoms with E-state index in [1.54, 1.807) is 0 Å². The molecule has 2 N–H and O–H groups in total. The summed E-state index contributed by atoms with van der Waals surface area (Å²) < 4.78 is 0. The van der Waals surface area contributed by atoms with Gasteiger partial charge in [0.2, 0.25) is 5.91 Å². The van der Waals surface area contributed by atoms with Gasteiger partial charge in [-0.05, 0) is 31.1 Å². The van der Waals surface area contributed by atoms with Crippen LogP contribution in [0.3, 0.4) is 0 Å². The second-order valence-corrected chi connectivity index (χ2v) is 5.30. The van der Waals surface area contributed by atoms with Gasteiger partial charge in [-0.15, -0.1) is 0 Å². The molecule has 1 saturated heterocycles. The summed E-state index contributed by atoms with van der Waals surface area (Å²) in [5.74, 6) is 1.18. The molecule has 1 amide bonds. The van der Waals surface area contributed by atoms with Gasteiger partial charge >= 0.3 is 0 Å². The van der Waals surface area contributed by atoms with Crippen LogP contribution in [0, 0.1) is 11.8 Å². The maximum absolute atomic E-state index is 12.1. The molecule has 0 spiro atoms. The molecule has 1 rings (SSSR count). The smallest absolute Gasteiger partial charge is 0.239 e. The van der Waals surface area contributed by atoms with Gasteiger partial charge in [-0.2, -0.15) is 0 Å². The van der Waals surface area contributed by atoms with Crippen molar-refractivity contribution in [3.05, 3.63) is 0 Å². The van der Waals surface area contributed by atoms with Crippen molar-refractivity contribution in [3.63, 3.8) is 0 Å². The molecule has 94 valence electrons. The molecule has 0 bridgehead atoms. The number of hydrogen-bond donors (Lipinski definition) is 1. The summed E-state index contributed by atoms with van der Waals surface area (Å²) in [4.78, 5) is 14.1. The fourth-order valence-corrected chi connectivity index (χ4v) is 2.29. The lowest BCUT2D eigenvalue weighted by atomic mass is 9.98. The monoisotopic (exact) mass is 226 g/mol. The highest BCUT2D eigenvalue weighted by atomic mass is 16.2. The second-order valence-electron chi connectivity index (χ2n) is 5.30. The van der Waals surface area contributed by atoms with Crippen molar-refractivity contribution in [1.82, 2.24) is 4.90 Å². The van der Waals surface area contributed by atoms with E-state index in [1.165, 1.54) is 12.8 Å². The van der Waals surface area contributed by atoms with E-state index >= 15 is 0 Å². The third-order valence-corrected chi connectivity index (χ3v) is 3.74. The number of hydrogen-bond acceptors (Lipinski definition) is 2. The van der Waals surface area contributed by atoms with Crippen LogP contribution in [0.2, 0.25) is 0 Å². The van der Waals surface area contributed by atoms with E-state index in [1.807, 2.05) is 18.7 Å². The van der Waals surface area contributed by atoms with Gasteiger partial charge in [-0.1, -0.05) is 27.2 Å². The zero-order chi connectivity index (χ0) is 12.1. The lowest BCUT2D eigenvalue weighted by Crippen LogP contribution is -2.46. The lowest BCUT2D eigenvalue weighted by molar-refractivity contribution is -0.133. The molecule has 1 unspecified atom stereocenters. The number of amides is 1. The van der Waals surface area contributed by atoms with Gasteiger partial charge in [-0.25, -0.2) is 0 Å². The molecule has 1 aliphatic heterocycles. The fraction of sp³-hybridized carbons (Fsp3) is 0.923. The molecule has 1 heterocycles. The Hall–Kier alpha value is -0.570. The summed E-state index contributed by atoms with van der Waals surface area (Å²) in [6, 6.07) is -0.321. The van der Waals surface area contributed by atoms with Crippen LogP contribution in [0.4, 0.5) is 0 Å². The number of carbonyl (C=O) groups is 1. The summed E-state index contributed by atoms with van der Waals surface area (Å²) >= 11 is 0. The molecule has 16 heavy (non-hydrogen) atoms. The van der Waals surface area contributed by atoms with E-state index in [0.717, 1.165) is 31.8 Å². The Labute approximate surface area is 99.4 Å². The number of likely N-dealkylation sites (tertiary alicyclic amines) is 1. The van der Waals surface area contributed by atoms with E-state index in [0.29, 0.717) is 0 Å². The first-order valence-corrected chi connectivity index (χ1v) is 6.60. The zero-order valence-corrected chi connectivity index (χ0v) is 10.9. The van der Waals surface area contributed by atoms with E-state index in [4.69, 9.17) is 5.73 Å². The Morgan fingerprint density at radius 2 is 2.06 bits per heavy atom. The molecular weight excluding hydrogens is 200 g/mol. The minimum absolute atomic E-state index is 0.145. The topological polar surface area (TPSA) is 46.3 Å². The Morgan fingerprint density at radius 3 is 2.62 bits per heavy atom. The predicted octanol–water partition coefficient (Wildman–Crippen LogP) is 2.01. The highest BCUT2D eigenvalue weighted by Gasteiger charge is 2.25. The van der Waals surface area contributed by atoms with Crippen LogP contribution in [0.15, 0.2) is 0 Å². The predicted molar refractivity (Wildman–Crippen MR) is 67.0 cm³/mol. The van der Waals surface area contributed by atoms with Crippen molar-refractivity contribution in [2.24, 2.45) is 17.6 Å². The summed E-state index contributed by atoms with van der Waals surface area (Å²) in [7, 11) is 0. The third-order valence-electron chi connectivity index (χ3n) is 3.74. The van der Waals surface area contributed by atoms with Crippen molar-refractivity contribution in [1.29, 1.82) is 0 Å². The molecule has 0 aromatic heterocycles. The van der Waals surface area contributed by atoms with Gasteiger partial charge in [0.05, 0.1) is 6.04 Å². The van der Waals surface area contributed by atoms with Gasteiger partial charge in [0, 0.05) is 13.1 Å². The number of nitrogens with two attached hydrogens (primary N) is 1. The van der Waals surface area contributed by atoms with Crippen LogP contribution in [0.25, 0.3) is 0 Å². The van der Waals surface area contributed by atoms with Crippen molar-refractivity contribution in [3.8, 4) is 0 Å². The van der Waals surface area contributed by atoms with Crippen molar-refractivity contribution < 1.29 is 4.79 Å². The van der Waals surface area contributed by atoms with Crippen LogP contribution < -0.4 is 5.73 Å². The minimum atomic E-state index is -0.321. The van der Waals surface area contributed by atoms with Crippen LogP contribution in [0.5, 0.6) is 0 Å². The van der Waals surface area contributed by atoms with Crippen LogP contribution in [-0.2, 0) is 4.79 Å². The number of rotatable bonds is 3. The average Bonchev–Trinajstić information content (AvgIpc) is 2.51. The SMILES string of the molecule is CCC1CCCN(C(=O)[C@H](N)C(C)C)CC1. The van der Waals surface area contributed by atoms with Crippen LogP contribution in [0.1, 0.15) is 46.5 Å². The normalized spacial score (nSPS) is 24.3. The maximum Gasteiger partial charge on any atom is 0.239 e. The maximum atomic E-state index is 12.1. The molecule has 3 nitrogen and oxygen atoms in total. The minimum Gasteiger partial charge on any atom is -0.341 e. The molecule has 1 fully saturated rings. The lowest BCUT2D eigenvalue weighted by Gasteiger charge is -2.26. The van der Waals surface area contributed by atoms with Crippen molar-refractivity contribution in [2.45, 2.75) is 52.5 Å². The summed E-state index contributed by atoms with van der Waals surface area (Å²) in [5, 5.41) is 0. The van der Waals surface area contributed by atoms with E-state index < -0.39 is 0 Å². The molecule has 1 aliphatic rings. The number of carbonyl (C=O) groups excluding carboxylic acids is 1. The van der Waals surface area contributed by atoms with Gasteiger partial charge in [0.1, 0.15) is 0 Å². The highest BCUT2D eigenvalue weighted by molar-refractivity contribution is 5.81.